The number of hydrogen-bond acceptors (Lipinski definition) is 0. The number of hydrogen-bond donors (Lipinski definition) is 0. The predicted octanol–water partition coefficient (Wildman–Crippen LogP) is 4.10. The van der Waals surface area contributed by atoms with Crippen LogP contribution in [-0.2, 0) is 0 Å². The summed E-state index contributed by atoms with van der Waals surface area (Å²) in [6, 6.07) is 0. The first-order chi connectivity index (χ1) is 4.89. The van der Waals surface area contributed by atoms with Crippen molar-refractivity contribution in [2.24, 2.45) is 17.3 Å². The lowest BCUT2D eigenvalue weighted by atomic mass is 9.78. The Balaban J connectivity index is 3.83. The Bertz CT molecular complexity index is 101. The van der Waals surface area contributed by atoms with E-state index >= 15 is 0 Å². The lowest BCUT2D eigenvalue weighted by Crippen LogP contribution is -2.17. The van der Waals surface area contributed by atoms with Crippen molar-refractivity contribution in [3.05, 3.63) is 0 Å². The third-order valence-electron chi connectivity index (χ3n) is 2.97. The van der Waals surface area contributed by atoms with Crippen molar-refractivity contribution >= 4 is 0 Å². The Labute approximate surface area is 72.4 Å². The molecule has 0 saturated carbocycles. The molecule has 0 N–H and O–H groups in total. The minimum atomic E-state index is 0.545. The van der Waals surface area contributed by atoms with Gasteiger partial charge in [-0.25, -0.2) is 0 Å². The van der Waals surface area contributed by atoms with Crippen molar-refractivity contribution in [3.63, 3.8) is 0 Å². The first-order valence-corrected chi connectivity index (χ1v) is 4.89. The molecule has 0 heterocycles. The second-order valence-corrected chi connectivity index (χ2v) is 4.94. The second-order valence-electron chi connectivity index (χ2n) is 4.94. The molecule has 68 valence electrons. The van der Waals surface area contributed by atoms with Crippen LogP contribution in [0.1, 0.15) is 54.4 Å². The zero-order chi connectivity index (χ0) is 9.07. The van der Waals surface area contributed by atoms with Gasteiger partial charge in [0.05, 0.1) is 0 Å². The standard InChI is InChI=1S/C11H24/c1-7-11(5,6)8-10(4)9(2)3/h9-10H,7-8H2,1-6H3. The van der Waals surface area contributed by atoms with Crippen molar-refractivity contribution in [1.29, 1.82) is 0 Å². The van der Waals surface area contributed by atoms with E-state index in [1.54, 1.807) is 0 Å². The fourth-order valence-corrected chi connectivity index (χ4v) is 1.25. The third kappa shape index (κ3) is 4.44. The summed E-state index contributed by atoms with van der Waals surface area (Å²) in [5.74, 6) is 1.70. The molecule has 0 amide bonds. The second kappa shape index (κ2) is 4.13. The van der Waals surface area contributed by atoms with Gasteiger partial charge in [0.2, 0.25) is 0 Å². The van der Waals surface area contributed by atoms with Crippen LogP contribution in [0, 0.1) is 17.3 Å². The summed E-state index contributed by atoms with van der Waals surface area (Å²) in [4.78, 5) is 0. The highest BCUT2D eigenvalue weighted by atomic mass is 14.3. The van der Waals surface area contributed by atoms with Gasteiger partial charge in [-0.3, -0.25) is 0 Å². The van der Waals surface area contributed by atoms with Crippen LogP contribution in [-0.4, -0.2) is 0 Å². The lowest BCUT2D eigenvalue weighted by Gasteiger charge is -2.28. The molecule has 1 unspecified atom stereocenters. The highest BCUT2D eigenvalue weighted by molar-refractivity contribution is 4.71. The average Bonchev–Trinajstić information content (AvgIpc) is 1.87. The van der Waals surface area contributed by atoms with Crippen LogP contribution in [0.5, 0.6) is 0 Å². The van der Waals surface area contributed by atoms with Crippen molar-refractivity contribution in [2.75, 3.05) is 0 Å². The molecule has 0 spiro atoms. The quantitative estimate of drug-likeness (QED) is 0.574. The summed E-state index contributed by atoms with van der Waals surface area (Å²) >= 11 is 0. The summed E-state index contributed by atoms with van der Waals surface area (Å²) in [6.45, 7) is 14.0. The lowest BCUT2D eigenvalue weighted by molar-refractivity contribution is 0.230. The van der Waals surface area contributed by atoms with Crippen LogP contribution in [0.2, 0.25) is 0 Å². The van der Waals surface area contributed by atoms with Gasteiger partial charge in [0.1, 0.15) is 0 Å². The van der Waals surface area contributed by atoms with E-state index in [1.165, 1.54) is 12.8 Å². The molecule has 0 aromatic rings. The van der Waals surface area contributed by atoms with Gasteiger partial charge in [0.25, 0.3) is 0 Å². The van der Waals surface area contributed by atoms with Crippen molar-refractivity contribution < 1.29 is 0 Å². The van der Waals surface area contributed by atoms with E-state index < -0.39 is 0 Å². The van der Waals surface area contributed by atoms with Gasteiger partial charge in [0, 0.05) is 0 Å². The molecule has 0 radical (unpaired) electrons. The number of rotatable bonds is 4. The normalized spacial score (nSPS) is 15.5. The highest BCUT2D eigenvalue weighted by Gasteiger charge is 2.20. The van der Waals surface area contributed by atoms with Crippen LogP contribution >= 0.6 is 0 Å². The first-order valence-electron chi connectivity index (χ1n) is 4.89. The molecule has 0 aliphatic carbocycles. The van der Waals surface area contributed by atoms with E-state index in [0.717, 1.165) is 11.8 Å². The van der Waals surface area contributed by atoms with Crippen molar-refractivity contribution in [2.45, 2.75) is 54.4 Å². The molecular formula is C11H24. The predicted molar refractivity (Wildman–Crippen MR) is 52.7 cm³/mol. The molecule has 0 aliphatic heterocycles. The van der Waals surface area contributed by atoms with E-state index in [4.69, 9.17) is 0 Å². The molecule has 0 saturated heterocycles. The summed E-state index contributed by atoms with van der Waals surface area (Å²) in [7, 11) is 0. The van der Waals surface area contributed by atoms with Crippen LogP contribution in [0.3, 0.4) is 0 Å². The monoisotopic (exact) mass is 156 g/mol. The Hall–Kier alpha value is 0. The van der Waals surface area contributed by atoms with Crippen LogP contribution in [0.25, 0.3) is 0 Å². The van der Waals surface area contributed by atoms with Crippen LogP contribution < -0.4 is 0 Å². The molecule has 0 aliphatic rings. The Morgan fingerprint density at radius 3 is 1.82 bits per heavy atom. The molecule has 0 nitrogen and oxygen atoms in total. The van der Waals surface area contributed by atoms with E-state index in [0.29, 0.717) is 5.41 Å². The van der Waals surface area contributed by atoms with Crippen molar-refractivity contribution in [1.82, 2.24) is 0 Å². The highest BCUT2D eigenvalue weighted by Crippen LogP contribution is 2.31. The molecular weight excluding hydrogens is 132 g/mol. The van der Waals surface area contributed by atoms with Gasteiger partial charge in [-0.2, -0.15) is 0 Å². The zero-order valence-electron chi connectivity index (χ0n) is 9.07. The fraction of sp³-hybridized carbons (Fsp3) is 1.00. The van der Waals surface area contributed by atoms with Crippen LogP contribution in [0.4, 0.5) is 0 Å². The maximum Gasteiger partial charge on any atom is -0.0354 e. The summed E-state index contributed by atoms with van der Waals surface area (Å²) in [5.41, 5.74) is 0.545. The Morgan fingerprint density at radius 2 is 1.55 bits per heavy atom. The van der Waals surface area contributed by atoms with E-state index in [-0.39, 0.29) is 0 Å². The van der Waals surface area contributed by atoms with Crippen molar-refractivity contribution in [3.8, 4) is 0 Å². The molecule has 0 rings (SSSR count). The van der Waals surface area contributed by atoms with E-state index in [2.05, 4.69) is 41.5 Å². The molecule has 0 bridgehead atoms. The minimum absolute atomic E-state index is 0.545. The van der Waals surface area contributed by atoms with Crippen LogP contribution in [0.15, 0.2) is 0 Å². The Morgan fingerprint density at radius 1 is 1.09 bits per heavy atom. The minimum Gasteiger partial charge on any atom is -0.0649 e. The molecule has 0 heteroatoms. The summed E-state index contributed by atoms with van der Waals surface area (Å²) < 4.78 is 0. The topological polar surface area (TPSA) is 0 Å². The first kappa shape index (κ1) is 11.0. The fourth-order valence-electron chi connectivity index (χ4n) is 1.25. The molecule has 0 fully saturated rings. The maximum absolute atomic E-state index is 2.37. The summed E-state index contributed by atoms with van der Waals surface area (Å²) in [5, 5.41) is 0. The van der Waals surface area contributed by atoms with E-state index in [1.807, 2.05) is 0 Å². The maximum atomic E-state index is 2.37. The largest absolute Gasteiger partial charge is 0.0649 e. The smallest absolute Gasteiger partial charge is 0.0354 e. The molecule has 0 aromatic heterocycles. The Kier molecular flexibility index (Phi) is 4.13. The van der Waals surface area contributed by atoms with Gasteiger partial charge in [0.15, 0.2) is 0 Å². The average molecular weight is 156 g/mol. The molecule has 11 heavy (non-hydrogen) atoms. The third-order valence-corrected chi connectivity index (χ3v) is 2.97. The van der Waals surface area contributed by atoms with Gasteiger partial charge in [-0.15, -0.1) is 0 Å². The molecule has 1 atom stereocenters. The van der Waals surface area contributed by atoms with Gasteiger partial charge in [-0.05, 0) is 23.7 Å². The zero-order valence-corrected chi connectivity index (χ0v) is 9.07. The van der Waals surface area contributed by atoms with Gasteiger partial charge < -0.3 is 0 Å². The SMILES string of the molecule is CCC(C)(C)CC(C)C(C)C. The van der Waals surface area contributed by atoms with E-state index in [9.17, 15) is 0 Å². The summed E-state index contributed by atoms with van der Waals surface area (Å²) in [6.07, 6.45) is 2.66. The van der Waals surface area contributed by atoms with Gasteiger partial charge >= 0.3 is 0 Å². The van der Waals surface area contributed by atoms with Gasteiger partial charge in [-0.1, -0.05) is 48.0 Å². The molecule has 0 aromatic carbocycles.